The van der Waals surface area contributed by atoms with Gasteiger partial charge in [-0.1, -0.05) is 6.07 Å². The molecule has 94 valence electrons. The summed E-state index contributed by atoms with van der Waals surface area (Å²) in [5, 5.41) is 5.23. The fraction of sp³-hybridized carbons (Fsp3) is 0.154. The molecule has 5 heteroatoms. The van der Waals surface area contributed by atoms with Crippen LogP contribution in [0.5, 0.6) is 0 Å². The number of anilines is 2. The van der Waals surface area contributed by atoms with E-state index in [1.165, 1.54) is 0 Å². The van der Waals surface area contributed by atoms with E-state index in [4.69, 9.17) is 11.5 Å². The summed E-state index contributed by atoms with van der Waals surface area (Å²) >= 11 is 1.61. The van der Waals surface area contributed by atoms with Gasteiger partial charge in [0.15, 0.2) is 0 Å². The van der Waals surface area contributed by atoms with E-state index in [2.05, 4.69) is 5.32 Å². The number of benzene rings is 1. The van der Waals surface area contributed by atoms with Crippen molar-refractivity contribution in [3.63, 3.8) is 0 Å². The zero-order chi connectivity index (χ0) is 13.1. The molecular weight excluding hydrogens is 246 g/mol. The highest BCUT2D eigenvalue weighted by molar-refractivity contribution is 7.10. The van der Waals surface area contributed by atoms with Crippen LogP contribution in [-0.2, 0) is 6.54 Å². The van der Waals surface area contributed by atoms with Gasteiger partial charge in [0.05, 0.1) is 6.54 Å². The zero-order valence-corrected chi connectivity index (χ0v) is 10.9. The largest absolute Gasteiger partial charge is 0.398 e. The molecule has 0 fully saturated rings. The molecule has 2 rings (SSSR count). The maximum Gasteiger partial charge on any atom is 0.249 e. The summed E-state index contributed by atoms with van der Waals surface area (Å²) < 4.78 is 0. The molecule has 0 saturated heterocycles. The molecule has 0 unspecified atom stereocenters. The van der Waals surface area contributed by atoms with Crippen LogP contribution in [-0.4, -0.2) is 5.91 Å². The summed E-state index contributed by atoms with van der Waals surface area (Å²) in [6.07, 6.45) is 0. The Bertz CT molecular complexity index is 577. The monoisotopic (exact) mass is 261 g/mol. The lowest BCUT2D eigenvalue weighted by molar-refractivity contribution is 0.1000. The highest BCUT2D eigenvalue weighted by Gasteiger charge is 2.08. The fourth-order valence-corrected chi connectivity index (χ4v) is 2.50. The normalized spacial score (nSPS) is 10.3. The topological polar surface area (TPSA) is 81.1 Å². The van der Waals surface area contributed by atoms with Crippen molar-refractivity contribution in [2.75, 3.05) is 11.1 Å². The standard InChI is InChI=1S/C13H15N3OS/c1-8-9(13(15)17)3-2-4-11(8)16-7-12-10(14)5-6-18-12/h2-6,16H,7,14H2,1H3,(H2,15,17). The number of amides is 1. The number of nitrogen functional groups attached to an aromatic ring is 1. The third kappa shape index (κ3) is 2.46. The van der Waals surface area contributed by atoms with Gasteiger partial charge in [0.25, 0.3) is 0 Å². The van der Waals surface area contributed by atoms with Gasteiger partial charge < -0.3 is 16.8 Å². The van der Waals surface area contributed by atoms with Crippen LogP contribution in [0.15, 0.2) is 29.6 Å². The van der Waals surface area contributed by atoms with Crippen LogP contribution in [0.1, 0.15) is 20.8 Å². The molecule has 1 aromatic heterocycles. The summed E-state index contributed by atoms with van der Waals surface area (Å²) in [4.78, 5) is 12.3. The van der Waals surface area contributed by atoms with Crippen molar-refractivity contribution in [1.82, 2.24) is 0 Å². The first kappa shape index (κ1) is 12.4. The van der Waals surface area contributed by atoms with Gasteiger partial charge in [0.1, 0.15) is 0 Å². The Morgan fingerprint density at radius 2 is 2.17 bits per heavy atom. The van der Waals surface area contributed by atoms with Crippen LogP contribution >= 0.6 is 11.3 Å². The van der Waals surface area contributed by atoms with Gasteiger partial charge in [-0.15, -0.1) is 11.3 Å². The molecule has 1 heterocycles. The molecule has 0 aliphatic heterocycles. The molecule has 1 amide bonds. The van der Waals surface area contributed by atoms with E-state index in [0.717, 1.165) is 21.8 Å². The minimum atomic E-state index is -0.410. The van der Waals surface area contributed by atoms with E-state index in [-0.39, 0.29) is 0 Å². The van der Waals surface area contributed by atoms with Gasteiger partial charge in [0, 0.05) is 21.8 Å². The van der Waals surface area contributed by atoms with Crippen LogP contribution in [0.3, 0.4) is 0 Å². The Morgan fingerprint density at radius 3 is 2.78 bits per heavy atom. The molecule has 4 nitrogen and oxygen atoms in total. The molecule has 18 heavy (non-hydrogen) atoms. The molecule has 0 saturated carbocycles. The quantitative estimate of drug-likeness (QED) is 0.790. The lowest BCUT2D eigenvalue weighted by atomic mass is 10.1. The van der Waals surface area contributed by atoms with Crippen molar-refractivity contribution >= 4 is 28.6 Å². The summed E-state index contributed by atoms with van der Waals surface area (Å²) in [5.74, 6) is -0.410. The highest BCUT2D eigenvalue weighted by Crippen LogP contribution is 2.23. The Labute approximate surface area is 110 Å². The van der Waals surface area contributed by atoms with Crippen LogP contribution in [0, 0.1) is 6.92 Å². The molecule has 0 atom stereocenters. The second kappa shape index (κ2) is 5.10. The highest BCUT2D eigenvalue weighted by atomic mass is 32.1. The number of primary amides is 1. The maximum atomic E-state index is 11.2. The van der Waals surface area contributed by atoms with Gasteiger partial charge in [-0.05, 0) is 36.1 Å². The van der Waals surface area contributed by atoms with Crippen LogP contribution in [0.4, 0.5) is 11.4 Å². The summed E-state index contributed by atoms with van der Waals surface area (Å²) in [6, 6.07) is 7.34. The number of nitrogens with one attached hydrogen (secondary N) is 1. The first-order valence-corrected chi connectivity index (χ1v) is 6.42. The third-order valence-corrected chi connectivity index (χ3v) is 3.76. The molecule has 5 N–H and O–H groups in total. The first-order valence-electron chi connectivity index (χ1n) is 5.54. The van der Waals surface area contributed by atoms with E-state index in [1.54, 1.807) is 17.4 Å². The van der Waals surface area contributed by atoms with Gasteiger partial charge in [-0.3, -0.25) is 4.79 Å². The predicted molar refractivity (Wildman–Crippen MR) is 75.8 cm³/mol. The average molecular weight is 261 g/mol. The van der Waals surface area contributed by atoms with Gasteiger partial charge in [-0.25, -0.2) is 0 Å². The Balaban J connectivity index is 2.17. The van der Waals surface area contributed by atoms with Crippen LogP contribution in [0.2, 0.25) is 0 Å². The van der Waals surface area contributed by atoms with Gasteiger partial charge in [0.2, 0.25) is 5.91 Å². The number of hydrogen-bond donors (Lipinski definition) is 3. The first-order chi connectivity index (χ1) is 8.59. The number of thiophene rings is 1. The Hall–Kier alpha value is -2.01. The lowest BCUT2D eigenvalue weighted by Gasteiger charge is -2.11. The summed E-state index contributed by atoms with van der Waals surface area (Å²) in [7, 11) is 0. The van der Waals surface area contributed by atoms with Crippen LogP contribution in [0.25, 0.3) is 0 Å². The molecule has 0 aliphatic rings. The van der Waals surface area contributed by atoms with Crippen molar-refractivity contribution in [1.29, 1.82) is 0 Å². The second-order valence-electron chi connectivity index (χ2n) is 4.00. The Kier molecular flexibility index (Phi) is 3.53. The minimum Gasteiger partial charge on any atom is -0.398 e. The third-order valence-electron chi connectivity index (χ3n) is 2.82. The van der Waals surface area contributed by atoms with Crippen molar-refractivity contribution in [2.45, 2.75) is 13.5 Å². The van der Waals surface area contributed by atoms with Crippen molar-refractivity contribution in [3.8, 4) is 0 Å². The van der Waals surface area contributed by atoms with E-state index >= 15 is 0 Å². The smallest absolute Gasteiger partial charge is 0.249 e. The van der Waals surface area contributed by atoms with Gasteiger partial charge in [-0.2, -0.15) is 0 Å². The fourth-order valence-electron chi connectivity index (χ4n) is 1.76. The molecule has 0 radical (unpaired) electrons. The number of hydrogen-bond acceptors (Lipinski definition) is 4. The summed E-state index contributed by atoms with van der Waals surface area (Å²) in [5.41, 5.74) is 14.2. The maximum absolute atomic E-state index is 11.2. The average Bonchev–Trinajstić information content (AvgIpc) is 2.73. The zero-order valence-electron chi connectivity index (χ0n) is 10.1. The Morgan fingerprint density at radius 1 is 1.39 bits per heavy atom. The summed E-state index contributed by atoms with van der Waals surface area (Å²) in [6.45, 7) is 2.52. The lowest BCUT2D eigenvalue weighted by Crippen LogP contribution is -2.13. The molecule has 0 spiro atoms. The number of carbonyl (C=O) groups excluding carboxylic acids is 1. The van der Waals surface area contributed by atoms with Gasteiger partial charge >= 0.3 is 0 Å². The molecule has 0 aliphatic carbocycles. The van der Waals surface area contributed by atoms with E-state index < -0.39 is 5.91 Å². The number of carbonyl (C=O) groups is 1. The molecule has 2 aromatic rings. The van der Waals surface area contributed by atoms with E-state index in [0.29, 0.717) is 12.1 Å². The molecule has 1 aromatic carbocycles. The van der Waals surface area contributed by atoms with Crippen LogP contribution < -0.4 is 16.8 Å². The second-order valence-corrected chi connectivity index (χ2v) is 5.00. The number of rotatable bonds is 4. The minimum absolute atomic E-state index is 0.410. The SMILES string of the molecule is Cc1c(NCc2sccc2N)cccc1C(N)=O. The molecule has 0 bridgehead atoms. The van der Waals surface area contributed by atoms with Crippen molar-refractivity contribution in [3.05, 3.63) is 45.6 Å². The number of nitrogens with two attached hydrogens (primary N) is 2. The molecular formula is C13H15N3OS. The van der Waals surface area contributed by atoms with Crippen molar-refractivity contribution in [2.24, 2.45) is 5.73 Å². The van der Waals surface area contributed by atoms with Crippen molar-refractivity contribution < 1.29 is 4.79 Å². The van der Waals surface area contributed by atoms with E-state index in [9.17, 15) is 4.79 Å². The predicted octanol–water partition coefficient (Wildman–Crippen LogP) is 2.35. The van der Waals surface area contributed by atoms with E-state index in [1.807, 2.05) is 30.5 Å².